The van der Waals surface area contributed by atoms with Gasteiger partial charge in [-0.25, -0.2) is 0 Å². The van der Waals surface area contributed by atoms with E-state index < -0.39 is 11.6 Å². The van der Waals surface area contributed by atoms with Crippen LogP contribution in [0.25, 0.3) is 0 Å². The fraction of sp³-hybridized carbons (Fsp3) is 0.846. The van der Waals surface area contributed by atoms with Gasteiger partial charge < -0.3 is 24.4 Å². The van der Waals surface area contributed by atoms with Crippen LogP contribution in [0.1, 0.15) is 34.1 Å². The standard InChI is InChI=1S/C10H16O3.C3H8O2/c1-7-4-5-11-9(7)8-6-12-10(2,3)13-8;1-3(2,4)5/h8-9H,1,4-6H2,2-3H3;4-5H,1-2H3/t8?,9-;/m1./s1. The van der Waals surface area contributed by atoms with Gasteiger partial charge in [0.25, 0.3) is 0 Å². The smallest absolute Gasteiger partial charge is 0.163 e. The number of aliphatic hydroxyl groups is 2. The van der Waals surface area contributed by atoms with E-state index in [4.69, 9.17) is 24.4 Å². The Morgan fingerprint density at radius 2 is 1.89 bits per heavy atom. The molecule has 2 N–H and O–H groups in total. The topological polar surface area (TPSA) is 68.2 Å². The van der Waals surface area contributed by atoms with Crippen LogP contribution in [0.3, 0.4) is 0 Å². The predicted octanol–water partition coefficient (Wildman–Crippen LogP) is 1.19. The zero-order valence-electron chi connectivity index (χ0n) is 11.6. The third-order valence-electron chi connectivity index (χ3n) is 2.49. The first kappa shape index (κ1) is 15.6. The van der Waals surface area contributed by atoms with Crippen molar-refractivity contribution in [2.75, 3.05) is 13.2 Å². The molecule has 0 aromatic rings. The second-order valence-corrected chi connectivity index (χ2v) is 5.56. The Balaban J connectivity index is 0.000000280. The molecule has 2 atom stereocenters. The van der Waals surface area contributed by atoms with Crippen molar-refractivity contribution in [1.82, 2.24) is 0 Å². The van der Waals surface area contributed by atoms with Crippen molar-refractivity contribution in [3.63, 3.8) is 0 Å². The first-order valence-corrected chi connectivity index (χ1v) is 6.14. The number of hydrogen-bond acceptors (Lipinski definition) is 5. The molecule has 0 bridgehead atoms. The first-order valence-electron chi connectivity index (χ1n) is 6.14. The molecule has 106 valence electrons. The third kappa shape index (κ3) is 5.46. The lowest BCUT2D eigenvalue weighted by Gasteiger charge is -2.20. The van der Waals surface area contributed by atoms with E-state index in [0.717, 1.165) is 18.6 Å². The molecule has 0 aromatic carbocycles. The Morgan fingerprint density at radius 3 is 2.22 bits per heavy atom. The van der Waals surface area contributed by atoms with Crippen molar-refractivity contribution in [2.45, 2.75) is 57.9 Å². The fourth-order valence-corrected chi connectivity index (χ4v) is 1.81. The lowest BCUT2D eigenvalue weighted by Crippen LogP contribution is -2.31. The Morgan fingerprint density at radius 1 is 1.33 bits per heavy atom. The molecule has 0 aliphatic carbocycles. The largest absolute Gasteiger partial charge is 0.371 e. The summed E-state index contributed by atoms with van der Waals surface area (Å²) in [7, 11) is 0. The maximum Gasteiger partial charge on any atom is 0.163 e. The molecule has 2 aliphatic heterocycles. The molecule has 0 aromatic heterocycles. The van der Waals surface area contributed by atoms with Crippen molar-refractivity contribution in [3.05, 3.63) is 12.2 Å². The Hall–Kier alpha value is -0.460. The minimum atomic E-state index is -1.50. The molecule has 2 aliphatic rings. The van der Waals surface area contributed by atoms with Gasteiger partial charge in [0.15, 0.2) is 11.6 Å². The minimum absolute atomic E-state index is 0.0324. The highest BCUT2D eigenvalue weighted by molar-refractivity contribution is 5.10. The van der Waals surface area contributed by atoms with Gasteiger partial charge in [-0.15, -0.1) is 0 Å². The molecule has 1 unspecified atom stereocenters. The van der Waals surface area contributed by atoms with Crippen LogP contribution in [0.5, 0.6) is 0 Å². The quantitative estimate of drug-likeness (QED) is 0.547. The normalized spacial score (nSPS) is 31.1. The van der Waals surface area contributed by atoms with Crippen LogP contribution in [0.15, 0.2) is 12.2 Å². The van der Waals surface area contributed by atoms with E-state index in [-0.39, 0.29) is 12.2 Å². The zero-order chi connectivity index (χ0) is 14.0. The zero-order valence-corrected chi connectivity index (χ0v) is 11.6. The monoisotopic (exact) mass is 260 g/mol. The molecule has 5 heteroatoms. The average Bonchev–Trinajstić information content (AvgIpc) is 2.69. The van der Waals surface area contributed by atoms with Crippen LogP contribution in [-0.2, 0) is 14.2 Å². The van der Waals surface area contributed by atoms with Crippen molar-refractivity contribution < 1.29 is 24.4 Å². The van der Waals surface area contributed by atoms with Gasteiger partial charge in [-0.1, -0.05) is 6.58 Å². The van der Waals surface area contributed by atoms with Gasteiger partial charge in [-0.3, -0.25) is 0 Å². The summed E-state index contributed by atoms with van der Waals surface area (Å²) in [6, 6.07) is 0. The van der Waals surface area contributed by atoms with E-state index >= 15 is 0 Å². The van der Waals surface area contributed by atoms with Gasteiger partial charge in [-0.2, -0.15) is 0 Å². The summed E-state index contributed by atoms with van der Waals surface area (Å²) in [5.74, 6) is -1.96. The Kier molecular flexibility index (Phi) is 4.91. The summed E-state index contributed by atoms with van der Waals surface area (Å²) < 4.78 is 16.7. The highest BCUT2D eigenvalue weighted by Crippen LogP contribution is 2.31. The maximum atomic E-state index is 8.08. The fourth-order valence-electron chi connectivity index (χ4n) is 1.81. The van der Waals surface area contributed by atoms with Gasteiger partial charge >= 0.3 is 0 Å². The summed E-state index contributed by atoms with van der Waals surface area (Å²) in [4.78, 5) is 0. The van der Waals surface area contributed by atoms with Gasteiger partial charge in [-0.05, 0) is 39.7 Å². The van der Waals surface area contributed by atoms with Gasteiger partial charge in [0.1, 0.15) is 12.2 Å². The van der Waals surface area contributed by atoms with Crippen LogP contribution in [0.2, 0.25) is 0 Å². The van der Waals surface area contributed by atoms with Gasteiger partial charge in [0, 0.05) is 0 Å². The second kappa shape index (κ2) is 5.67. The molecule has 2 rings (SSSR count). The SMILES string of the molecule is C=C1CCO[C@H]1C1COC(C)(C)O1.CC(C)(O)O. The molecule has 0 radical (unpaired) electrons. The maximum absolute atomic E-state index is 8.08. The van der Waals surface area contributed by atoms with Crippen molar-refractivity contribution in [3.8, 4) is 0 Å². The van der Waals surface area contributed by atoms with E-state index in [1.54, 1.807) is 0 Å². The predicted molar refractivity (Wildman–Crippen MR) is 66.9 cm³/mol. The van der Waals surface area contributed by atoms with E-state index in [2.05, 4.69) is 6.58 Å². The Bertz CT molecular complexity index is 286. The molecule has 2 saturated heterocycles. The summed E-state index contributed by atoms with van der Waals surface area (Å²) in [5, 5.41) is 16.2. The van der Waals surface area contributed by atoms with Crippen molar-refractivity contribution >= 4 is 0 Å². The second-order valence-electron chi connectivity index (χ2n) is 5.56. The lowest BCUT2D eigenvalue weighted by atomic mass is 10.1. The highest BCUT2D eigenvalue weighted by Gasteiger charge is 2.40. The van der Waals surface area contributed by atoms with Crippen LogP contribution < -0.4 is 0 Å². The lowest BCUT2D eigenvalue weighted by molar-refractivity contribution is -0.149. The van der Waals surface area contributed by atoms with E-state index in [1.807, 2.05) is 13.8 Å². The van der Waals surface area contributed by atoms with Crippen molar-refractivity contribution in [2.24, 2.45) is 0 Å². The summed E-state index contributed by atoms with van der Waals surface area (Å²) in [5.41, 5.74) is 1.13. The van der Waals surface area contributed by atoms with Crippen LogP contribution in [0, 0.1) is 0 Å². The molecule has 2 heterocycles. The van der Waals surface area contributed by atoms with Crippen LogP contribution in [-0.4, -0.2) is 47.2 Å². The van der Waals surface area contributed by atoms with Gasteiger partial charge in [0.05, 0.1) is 13.2 Å². The van der Waals surface area contributed by atoms with Crippen LogP contribution in [0.4, 0.5) is 0 Å². The molecule has 18 heavy (non-hydrogen) atoms. The molecular formula is C13H24O5. The number of ether oxygens (including phenoxy) is 3. The van der Waals surface area contributed by atoms with Gasteiger partial charge in [0.2, 0.25) is 0 Å². The van der Waals surface area contributed by atoms with Crippen molar-refractivity contribution in [1.29, 1.82) is 0 Å². The minimum Gasteiger partial charge on any atom is -0.371 e. The Labute approximate surface area is 108 Å². The van der Waals surface area contributed by atoms with Crippen LogP contribution >= 0.6 is 0 Å². The molecule has 5 nitrogen and oxygen atoms in total. The summed E-state index contributed by atoms with van der Waals surface area (Å²) >= 11 is 0. The molecule has 0 saturated carbocycles. The highest BCUT2D eigenvalue weighted by atomic mass is 16.7. The first-order chi connectivity index (χ1) is 8.08. The van der Waals surface area contributed by atoms with E-state index in [0.29, 0.717) is 6.61 Å². The van der Waals surface area contributed by atoms with E-state index in [9.17, 15) is 0 Å². The summed E-state index contributed by atoms with van der Waals surface area (Å²) in [6.45, 7) is 11.8. The molecule has 0 amide bonds. The number of hydrogen-bond donors (Lipinski definition) is 2. The van der Waals surface area contributed by atoms with E-state index in [1.165, 1.54) is 13.8 Å². The number of rotatable bonds is 1. The molecule has 2 fully saturated rings. The third-order valence-corrected chi connectivity index (χ3v) is 2.49. The molecule has 0 spiro atoms. The summed E-state index contributed by atoms with van der Waals surface area (Å²) in [6.07, 6.45) is 1.03. The average molecular weight is 260 g/mol. The molecular weight excluding hydrogens is 236 g/mol.